The lowest BCUT2D eigenvalue weighted by Crippen LogP contribution is -2.43. The maximum Gasteiger partial charge on any atom is 0.0675 e. The summed E-state index contributed by atoms with van der Waals surface area (Å²) in [6.07, 6.45) is 2.55. The average molecular weight is 253 g/mol. The zero-order valence-electron chi connectivity index (χ0n) is 10.9. The van der Waals surface area contributed by atoms with Crippen molar-refractivity contribution in [3.63, 3.8) is 0 Å². The fourth-order valence-corrected chi connectivity index (χ4v) is 2.10. The molecule has 0 aliphatic carbocycles. The molecule has 0 radical (unpaired) electrons. The Hall–Kier alpha value is -1.01. The highest BCUT2D eigenvalue weighted by Crippen LogP contribution is 2.22. The summed E-state index contributed by atoms with van der Waals surface area (Å²) in [6.45, 7) is 3.07. The molecule has 102 valence electrons. The van der Waals surface area contributed by atoms with Crippen LogP contribution in [0.5, 0.6) is 0 Å². The van der Waals surface area contributed by atoms with Gasteiger partial charge in [-0.15, -0.1) is 0 Å². The second kappa shape index (κ2) is 8.16. The number of hydrogen-bond acceptors (Lipinski definition) is 5. The van der Waals surface area contributed by atoms with Gasteiger partial charge >= 0.3 is 0 Å². The van der Waals surface area contributed by atoms with Crippen LogP contribution in [-0.4, -0.2) is 52.4 Å². The molecular formula is C13H23N3O2. The second-order valence-electron chi connectivity index (χ2n) is 4.25. The Morgan fingerprint density at radius 3 is 2.39 bits per heavy atom. The van der Waals surface area contributed by atoms with Gasteiger partial charge in [-0.3, -0.25) is 9.88 Å². The summed E-state index contributed by atoms with van der Waals surface area (Å²) in [5.41, 5.74) is 7.05. The Morgan fingerprint density at radius 1 is 1.28 bits per heavy atom. The Morgan fingerprint density at radius 2 is 1.94 bits per heavy atom. The predicted molar refractivity (Wildman–Crippen MR) is 71.0 cm³/mol. The van der Waals surface area contributed by atoms with Crippen LogP contribution >= 0.6 is 0 Å². The van der Waals surface area contributed by atoms with Crippen molar-refractivity contribution in [3.05, 3.63) is 30.1 Å². The summed E-state index contributed by atoms with van der Waals surface area (Å²) >= 11 is 0. The average Bonchev–Trinajstić information content (AvgIpc) is 2.40. The van der Waals surface area contributed by atoms with E-state index < -0.39 is 0 Å². The van der Waals surface area contributed by atoms with Gasteiger partial charge in [0.1, 0.15) is 0 Å². The maximum absolute atomic E-state index is 9.13. The number of nitrogens with zero attached hydrogens (tertiary/aromatic N) is 2. The van der Waals surface area contributed by atoms with Crippen LogP contribution in [0, 0.1) is 0 Å². The van der Waals surface area contributed by atoms with Gasteiger partial charge in [-0.05, 0) is 18.6 Å². The maximum atomic E-state index is 9.13. The number of pyridine rings is 1. The largest absolute Gasteiger partial charge is 0.395 e. The van der Waals surface area contributed by atoms with Crippen molar-refractivity contribution < 1.29 is 10.2 Å². The normalized spacial score (nSPS) is 14.7. The standard InChI is InChI=1S/C13H23N3O2/c1-2-11(14)13(12-5-3-4-6-15-12)16(7-9-17)8-10-18/h3-6,11,13,17-18H,2,7-10,14H2,1H3. The summed E-state index contributed by atoms with van der Waals surface area (Å²) in [4.78, 5) is 6.33. The number of aliphatic hydroxyl groups is 2. The van der Waals surface area contributed by atoms with Gasteiger partial charge in [-0.2, -0.15) is 0 Å². The molecule has 0 saturated heterocycles. The first-order valence-electron chi connectivity index (χ1n) is 6.36. The van der Waals surface area contributed by atoms with Crippen LogP contribution in [0.15, 0.2) is 24.4 Å². The minimum atomic E-state index is -0.0736. The van der Waals surface area contributed by atoms with E-state index in [0.717, 1.165) is 12.1 Å². The van der Waals surface area contributed by atoms with E-state index in [-0.39, 0.29) is 25.3 Å². The van der Waals surface area contributed by atoms with Crippen molar-refractivity contribution in [1.29, 1.82) is 0 Å². The molecule has 2 atom stereocenters. The smallest absolute Gasteiger partial charge is 0.0675 e. The molecule has 0 aliphatic heterocycles. The van der Waals surface area contributed by atoms with Crippen LogP contribution in [0.4, 0.5) is 0 Å². The van der Waals surface area contributed by atoms with E-state index in [9.17, 15) is 0 Å². The van der Waals surface area contributed by atoms with Crippen molar-refractivity contribution >= 4 is 0 Å². The zero-order valence-corrected chi connectivity index (χ0v) is 10.9. The van der Waals surface area contributed by atoms with Gasteiger partial charge in [-0.25, -0.2) is 0 Å². The number of aliphatic hydroxyl groups excluding tert-OH is 2. The third-order valence-corrected chi connectivity index (χ3v) is 3.04. The van der Waals surface area contributed by atoms with Crippen LogP contribution in [-0.2, 0) is 0 Å². The molecule has 2 unspecified atom stereocenters. The van der Waals surface area contributed by atoms with Crippen molar-refractivity contribution in [2.24, 2.45) is 5.73 Å². The number of nitrogens with two attached hydrogens (primary N) is 1. The van der Waals surface area contributed by atoms with Crippen molar-refractivity contribution in [3.8, 4) is 0 Å². The molecule has 1 rings (SSSR count). The van der Waals surface area contributed by atoms with Gasteiger partial charge in [0.25, 0.3) is 0 Å². The lowest BCUT2D eigenvalue weighted by Gasteiger charge is -2.34. The third-order valence-electron chi connectivity index (χ3n) is 3.04. The molecule has 1 aromatic heterocycles. The fraction of sp³-hybridized carbons (Fsp3) is 0.615. The van der Waals surface area contributed by atoms with Crippen LogP contribution in [0.3, 0.4) is 0 Å². The van der Waals surface area contributed by atoms with Gasteiger partial charge in [0.2, 0.25) is 0 Å². The number of rotatable bonds is 8. The first-order chi connectivity index (χ1) is 8.74. The first-order valence-corrected chi connectivity index (χ1v) is 6.36. The molecule has 1 heterocycles. The van der Waals surface area contributed by atoms with Crippen molar-refractivity contribution in [2.75, 3.05) is 26.3 Å². The minimum Gasteiger partial charge on any atom is -0.395 e. The molecule has 0 amide bonds. The van der Waals surface area contributed by atoms with E-state index in [2.05, 4.69) is 4.98 Å². The molecule has 0 saturated carbocycles. The van der Waals surface area contributed by atoms with E-state index in [1.54, 1.807) is 6.20 Å². The van der Waals surface area contributed by atoms with Gasteiger partial charge in [0, 0.05) is 25.3 Å². The molecule has 1 aromatic rings. The Bertz CT molecular complexity index is 315. The monoisotopic (exact) mass is 253 g/mol. The molecule has 0 bridgehead atoms. The molecule has 0 aromatic carbocycles. The third kappa shape index (κ3) is 4.03. The first kappa shape index (κ1) is 15.0. The molecule has 0 aliphatic rings. The number of aromatic nitrogens is 1. The Kier molecular flexibility index (Phi) is 6.82. The van der Waals surface area contributed by atoms with Crippen molar-refractivity contribution in [1.82, 2.24) is 9.88 Å². The molecule has 5 heteroatoms. The van der Waals surface area contributed by atoms with E-state index in [1.165, 1.54) is 0 Å². The van der Waals surface area contributed by atoms with Gasteiger partial charge in [0.15, 0.2) is 0 Å². The van der Waals surface area contributed by atoms with Crippen LogP contribution in [0.1, 0.15) is 25.1 Å². The topological polar surface area (TPSA) is 82.6 Å². The Balaban J connectivity index is 2.95. The lowest BCUT2D eigenvalue weighted by atomic mass is 10.0. The Labute approximate surface area is 108 Å². The minimum absolute atomic E-state index is 0.0414. The second-order valence-corrected chi connectivity index (χ2v) is 4.25. The summed E-state index contributed by atoms with van der Waals surface area (Å²) in [6, 6.07) is 5.57. The zero-order chi connectivity index (χ0) is 13.4. The molecule has 0 spiro atoms. The lowest BCUT2D eigenvalue weighted by molar-refractivity contribution is 0.105. The van der Waals surface area contributed by atoms with Crippen molar-refractivity contribution in [2.45, 2.75) is 25.4 Å². The molecule has 18 heavy (non-hydrogen) atoms. The summed E-state index contributed by atoms with van der Waals surface area (Å²) < 4.78 is 0. The molecule has 0 fully saturated rings. The van der Waals surface area contributed by atoms with Gasteiger partial charge < -0.3 is 15.9 Å². The molecule has 5 nitrogen and oxygen atoms in total. The molecular weight excluding hydrogens is 230 g/mol. The van der Waals surface area contributed by atoms with E-state index in [4.69, 9.17) is 15.9 Å². The van der Waals surface area contributed by atoms with Crippen LogP contribution in [0.2, 0.25) is 0 Å². The summed E-state index contributed by atoms with van der Waals surface area (Å²) in [5, 5.41) is 18.3. The van der Waals surface area contributed by atoms with Gasteiger partial charge in [-0.1, -0.05) is 13.0 Å². The predicted octanol–water partition coefficient (Wildman–Crippen LogP) is 0.147. The van der Waals surface area contributed by atoms with E-state index in [1.807, 2.05) is 30.0 Å². The van der Waals surface area contributed by atoms with Gasteiger partial charge in [0.05, 0.1) is 24.9 Å². The quantitative estimate of drug-likeness (QED) is 0.614. The SMILES string of the molecule is CCC(N)C(c1ccccn1)N(CCO)CCO. The highest BCUT2D eigenvalue weighted by Gasteiger charge is 2.25. The van der Waals surface area contributed by atoms with Crippen LogP contribution in [0.25, 0.3) is 0 Å². The number of hydrogen-bond donors (Lipinski definition) is 3. The highest BCUT2D eigenvalue weighted by molar-refractivity contribution is 5.11. The summed E-state index contributed by atoms with van der Waals surface area (Å²) in [5.74, 6) is 0. The summed E-state index contributed by atoms with van der Waals surface area (Å²) in [7, 11) is 0. The fourth-order valence-electron chi connectivity index (χ4n) is 2.10. The van der Waals surface area contributed by atoms with E-state index >= 15 is 0 Å². The molecule has 4 N–H and O–H groups in total. The van der Waals surface area contributed by atoms with Crippen LogP contribution < -0.4 is 5.73 Å². The highest BCUT2D eigenvalue weighted by atomic mass is 16.3. The van der Waals surface area contributed by atoms with E-state index in [0.29, 0.717) is 13.1 Å².